The van der Waals surface area contributed by atoms with Crippen molar-refractivity contribution in [2.24, 2.45) is 0 Å². The molecule has 0 saturated carbocycles. The highest BCUT2D eigenvalue weighted by Crippen LogP contribution is 2.01. The Morgan fingerprint density at radius 2 is 2.55 bits per heavy atom. The van der Waals surface area contributed by atoms with E-state index in [1.54, 1.807) is 4.68 Å². The smallest absolute Gasteiger partial charge is 0.271 e. The number of carbonyl (C=O) groups is 1. The van der Waals surface area contributed by atoms with Crippen LogP contribution in [0.1, 0.15) is 16.9 Å². The summed E-state index contributed by atoms with van der Waals surface area (Å²) in [6.07, 6.45) is 2.41. The first-order valence-electron chi connectivity index (χ1n) is 3.54. The van der Waals surface area contributed by atoms with Gasteiger partial charge >= 0.3 is 0 Å². The lowest BCUT2D eigenvalue weighted by atomic mass is 10.4. The zero-order chi connectivity index (χ0) is 7.68. The highest BCUT2D eigenvalue weighted by molar-refractivity contribution is 5.92. The van der Waals surface area contributed by atoms with E-state index in [9.17, 15) is 4.79 Å². The predicted molar refractivity (Wildman–Crippen MR) is 37.0 cm³/mol. The molecule has 58 valence electrons. The van der Waals surface area contributed by atoms with E-state index in [0.717, 1.165) is 19.5 Å². The lowest BCUT2D eigenvalue weighted by Gasteiger charge is -1.95. The molecular formula is C6H8N4O. The molecule has 0 fully saturated rings. The molecule has 1 aromatic heterocycles. The molecule has 0 bridgehead atoms. The van der Waals surface area contributed by atoms with Gasteiger partial charge in [0, 0.05) is 13.1 Å². The second kappa shape index (κ2) is 2.34. The van der Waals surface area contributed by atoms with Crippen molar-refractivity contribution in [1.29, 1.82) is 0 Å². The van der Waals surface area contributed by atoms with Gasteiger partial charge in [-0.25, -0.2) is 4.68 Å². The van der Waals surface area contributed by atoms with Gasteiger partial charge in [-0.05, 0) is 6.42 Å². The number of aromatic nitrogens is 3. The Morgan fingerprint density at radius 1 is 1.64 bits per heavy atom. The minimum atomic E-state index is -0.0764. The Kier molecular flexibility index (Phi) is 1.34. The van der Waals surface area contributed by atoms with Gasteiger partial charge in [-0.1, -0.05) is 5.21 Å². The number of nitrogens with zero attached hydrogens (tertiary/aromatic N) is 3. The summed E-state index contributed by atoms with van der Waals surface area (Å²) in [5, 5.41) is 10.2. The third kappa shape index (κ3) is 0.978. The average Bonchev–Trinajstić information content (AvgIpc) is 2.40. The molecule has 0 saturated heterocycles. The van der Waals surface area contributed by atoms with Crippen LogP contribution in [0, 0.1) is 0 Å². The minimum Gasteiger partial charge on any atom is -0.351 e. The molecule has 5 heteroatoms. The molecule has 1 N–H and O–H groups in total. The third-order valence-electron chi connectivity index (χ3n) is 1.68. The summed E-state index contributed by atoms with van der Waals surface area (Å²) in [7, 11) is 0. The molecule has 0 unspecified atom stereocenters. The van der Waals surface area contributed by atoms with Gasteiger partial charge in [0.15, 0.2) is 0 Å². The first-order chi connectivity index (χ1) is 5.38. The summed E-state index contributed by atoms with van der Waals surface area (Å²) in [6.45, 7) is 1.50. The van der Waals surface area contributed by atoms with Gasteiger partial charge in [-0.15, -0.1) is 5.10 Å². The number of carbonyl (C=O) groups excluding carboxylic acids is 1. The molecule has 0 aliphatic carbocycles. The van der Waals surface area contributed by atoms with Gasteiger partial charge in [-0.3, -0.25) is 4.79 Å². The Hall–Kier alpha value is -1.39. The van der Waals surface area contributed by atoms with Crippen LogP contribution in [0.2, 0.25) is 0 Å². The first kappa shape index (κ1) is 6.33. The molecule has 2 rings (SSSR count). The monoisotopic (exact) mass is 152 g/mol. The maximum absolute atomic E-state index is 11.2. The van der Waals surface area contributed by atoms with Crippen LogP contribution in [0.3, 0.4) is 0 Å². The van der Waals surface area contributed by atoms with E-state index >= 15 is 0 Å². The molecule has 0 spiro atoms. The highest BCUT2D eigenvalue weighted by Gasteiger charge is 2.14. The molecule has 0 aromatic carbocycles. The molecule has 5 nitrogen and oxygen atoms in total. The largest absolute Gasteiger partial charge is 0.351 e. The summed E-state index contributed by atoms with van der Waals surface area (Å²) < 4.78 is 1.63. The SMILES string of the molecule is O=C1NCCCn2nncc21. The average molecular weight is 152 g/mol. The summed E-state index contributed by atoms with van der Waals surface area (Å²) in [4.78, 5) is 11.2. The second-order valence-electron chi connectivity index (χ2n) is 2.45. The van der Waals surface area contributed by atoms with E-state index in [1.807, 2.05) is 0 Å². The maximum atomic E-state index is 11.2. The van der Waals surface area contributed by atoms with Crippen molar-refractivity contribution in [3.8, 4) is 0 Å². The number of aryl methyl sites for hydroxylation is 1. The summed E-state index contributed by atoms with van der Waals surface area (Å²) in [5.74, 6) is -0.0764. The van der Waals surface area contributed by atoms with E-state index in [-0.39, 0.29) is 5.91 Å². The zero-order valence-electron chi connectivity index (χ0n) is 5.95. The van der Waals surface area contributed by atoms with Crippen molar-refractivity contribution < 1.29 is 4.79 Å². The fourth-order valence-corrected chi connectivity index (χ4v) is 1.12. The number of hydrogen-bond donors (Lipinski definition) is 1. The van der Waals surface area contributed by atoms with E-state index < -0.39 is 0 Å². The normalized spacial score (nSPS) is 16.9. The molecule has 1 amide bonds. The number of rotatable bonds is 0. The predicted octanol–water partition coefficient (Wildman–Crippen LogP) is -0.588. The van der Waals surface area contributed by atoms with Crippen LogP contribution in [0.5, 0.6) is 0 Å². The van der Waals surface area contributed by atoms with Crippen molar-refractivity contribution in [3.63, 3.8) is 0 Å². The van der Waals surface area contributed by atoms with Crippen LogP contribution in [-0.2, 0) is 6.54 Å². The van der Waals surface area contributed by atoms with Crippen molar-refractivity contribution in [2.75, 3.05) is 6.54 Å². The molecule has 1 aromatic rings. The van der Waals surface area contributed by atoms with Crippen LogP contribution >= 0.6 is 0 Å². The lowest BCUT2D eigenvalue weighted by Crippen LogP contribution is -2.22. The zero-order valence-corrected chi connectivity index (χ0v) is 5.95. The number of hydrogen-bond acceptors (Lipinski definition) is 3. The second-order valence-corrected chi connectivity index (χ2v) is 2.45. The van der Waals surface area contributed by atoms with E-state index in [0.29, 0.717) is 5.69 Å². The van der Waals surface area contributed by atoms with Gasteiger partial charge < -0.3 is 5.32 Å². The van der Waals surface area contributed by atoms with Crippen molar-refractivity contribution in [3.05, 3.63) is 11.9 Å². The lowest BCUT2D eigenvalue weighted by molar-refractivity contribution is 0.0950. The Bertz CT molecular complexity index is 280. The van der Waals surface area contributed by atoms with Gasteiger partial charge in [0.1, 0.15) is 5.69 Å². The molecule has 0 atom stereocenters. The van der Waals surface area contributed by atoms with Gasteiger partial charge in [-0.2, -0.15) is 0 Å². The summed E-state index contributed by atoms with van der Waals surface area (Å²) in [5.41, 5.74) is 0.558. The van der Waals surface area contributed by atoms with Crippen LogP contribution in [0.4, 0.5) is 0 Å². The number of fused-ring (bicyclic) bond motifs is 1. The fraction of sp³-hybridized carbons (Fsp3) is 0.500. The number of amides is 1. The standard InChI is InChI=1S/C6H8N4O/c11-6-5-4-8-9-10(5)3-1-2-7-6/h4H,1-3H2,(H,7,11). The summed E-state index contributed by atoms with van der Waals surface area (Å²) >= 11 is 0. The Morgan fingerprint density at radius 3 is 3.45 bits per heavy atom. The van der Waals surface area contributed by atoms with Gasteiger partial charge in [0.2, 0.25) is 0 Å². The minimum absolute atomic E-state index is 0.0764. The quantitative estimate of drug-likeness (QED) is 0.540. The van der Waals surface area contributed by atoms with Crippen molar-refractivity contribution in [1.82, 2.24) is 20.3 Å². The Labute approximate surface area is 63.4 Å². The molecule has 11 heavy (non-hydrogen) atoms. The first-order valence-corrected chi connectivity index (χ1v) is 3.54. The molecule has 0 radical (unpaired) electrons. The van der Waals surface area contributed by atoms with Gasteiger partial charge in [0.05, 0.1) is 6.20 Å². The van der Waals surface area contributed by atoms with Crippen LogP contribution in [0.15, 0.2) is 6.20 Å². The number of nitrogens with one attached hydrogen (secondary N) is 1. The third-order valence-corrected chi connectivity index (χ3v) is 1.68. The van der Waals surface area contributed by atoms with Crippen LogP contribution in [0.25, 0.3) is 0 Å². The highest BCUT2D eigenvalue weighted by atomic mass is 16.2. The van der Waals surface area contributed by atoms with E-state index in [2.05, 4.69) is 15.6 Å². The van der Waals surface area contributed by atoms with Crippen LogP contribution in [-0.4, -0.2) is 27.4 Å². The summed E-state index contributed by atoms with van der Waals surface area (Å²) in [6, 6.07) is 0. The molecule has 2 heterocycles. The molecular weight excluding hydrogens is 144 g/mol. The van der Waals surface area contributed by atoms with Gasteiger partial charge in [0.25, 0.3) is 5.91 Å². The molecule has 1 aliphatic rings. The van der Waals surface area contributed by atoms with Crippen molar-refractivity contribution >= 4 is 5.91 Å². The topological polar surface area (TPSA) is 59.8 Å². The van der Waals surface area contributed by atoms with E-state index in [1.165, 1.54) is 6.20 Å². The van der Waals surface area contributed by atoms with E-state index in [4.69, 9.17) is 0 Å². The van der Waals surface area contributed by atoms with Crippen LogP contribution < -0.4 is 5.32 Å². The Balaban J connectivity index is 2.41. The maximum Gasteiger partial charge on any atom is 0.271 e. The fourth-order valence-electron chi connectivity index (χ4n) is 1.12. The van der Waals surface area contributed by atoms with Crippen molar-refractivity contribution in [2.45, 2.75) is 13.0 Å². The molecule has 1 aliphatic heterocycles.